The van der Waals surface area contributed by atoms with Crippen LogP contribution < -0.4 is 9.46 Å². The van der Waals surface area contributed by atoms with Crippen molar-refractivity contribution in [1.29, 1.82) is 0 Å². The maximum absolute atomic E-state index is 15.3. The second-order valence-corrected chi connectivity index (χ2v) is 21.1. The van der Waals surface area contributed by atoms with Crippen molar-refractivity contribution >= 4 is 32.7 Å². The van der Waals surface area contributed by atoms with E-state index in [0.717, 1.165) is 104 Å². The quantitative estimate of drug-likeness (QED) is 0.128. The summed E-state index contributed by atoms with van der Waals surface area (Å²) in [6, 6.07) is 23.4. The van der Waals surface area contributed by atoms with Crippen LogP contribution in [0.1, 0.15) is 117 Å². The van der Waals surface area contributed by atoms with Crippen LogP contribution in [-0.2, 0) is 27.9 Å². The van der Waals surface area contributed by atoms with E-state index < -0.39 is 26.6 Å². The largest absolute Gasteiger partial charge is 0.497 e. The van der Waals surface area contributed by atoms with Gasteiger partial charge < -0.3 is 19.1 Å². The van der Waals surface area contributed by atoms with Crippen molar-refractivity contribution in [2.75, 3.05) is 34.3 Å². The topological polar surface area (TPSA) is 104 Å². The van der Waals surface area contributed by atoms with Crippen molar-refractivity contribution in [2.24, 2.45) is 5.41 Å². The number of hydrogen-bond acceptors (Lipinski definition) is 7. The molecule has 2 unspecified atom stereocenters. The van der Waals surface area contributed by atoms with E-state index in [9.17, 15) is 13.2 Å². The number of rotatable bonds is 15. The number of carbonyl (C=O) groups is 2. The van der Waals surface area contributed by atoms with Gasteiger partial charge in [-0.2, -0.15) is 0 Å². The summed E-state index contributed by atoms with van der Waals surface area (Å²) < 4.78 is 36.2. The SMILES string of the molecule is COc1ccc(-c2c(C3CCCCC3)c3ccc(C(=O)NS(=O)(=O)C4CC4)cc3n2CC(C)(C)C(=O)N2C3CCC2CC(N(CCN(C)C)Cc2ccccc2)C3)c(C)c1. The molecule has 2 saturated heterocycles. The average molecular weight is 836 g/mol. The van der Waals surface area contributed by atoms with E-state index in [1.165, 1.54) is 17.5 Å². The number of aromatic nitrogens is 1. The molecule has 2 aliphatic carbocycles. The zero-order chi connectivity index (χ0) is 42.3. The number of carbonyl (C=O) groups excluding carboxylic acids is 2. The summed E-state index contributed by atoms with van der Waals surface area (Å²) in [4.78, 5) is 36.1. The number of amides is 2. The van der Waals surface area contributed by atoms with Crippen LogP contribution in [0.2, 0.25) is 0 Å². The van der Waals surface area contributed by atoms with Crippen molar-refractivity contribution in [3.05, 3.63) is 89.0 Å². The Balaban J connectivity index is 1.16. The van der Waals surface area contributed by atoms with Gasteiger partial charge in [0.15, 0.2) is 0 Å². The fourth-order valence-corrected chi connectivity index (χ4v) is 11.9. The van der Waals surface area contributed by atoms with Gasteiger partial charge in [-0.05, 0) is 139 Å². The number of sulfonamides is 1. The summed E-state index contributed by atoms with van der Waals surface area (Å²) in [7, 11) is 2.22. The summed E-state index contributed by atoms with van der Waals surface area (Å²) in [6.45, 7) is 9.58. The van der Waals surface area contributed by atoms with Gasteiger partial charge in [0.25, 0.3) is 5.91 Å². The van der Waals surface area contributed by atoms with Crippen molar-refractivity contribution in [3.8, 4) is 17.0 Å². The average Bonchev–Trinajstić information content (AvgIpc) is 4.01. The molecule has 10 nitrogen and oxygen atoms in total. The molecular formula is C49H65N5O5S. The first-order valence-corrected chi connectivity index (χ1v) is 23.9. The molecule has 60 heavy (non-hydrogen) atoms. The number of hydrogen-bond donors (Lipinski definition) is 1. The summed E-state index contributed by atoms with van der Waals surface area (Å²) in [5, 5.41) is 0.558. The first kappa shape index (κ1) is 42.5. The Kier molecular flexibility index (Phi) is 12.2. The molecule has 4 aliphatic rings. The molecule has 4 aromatic rings. The highest BCUT2D eigenvalue weighted by Gasteiger charge is 2.48. The minimum atomic E-state index is -3.74. The molecule has 3 aromatic carbocycles. The van der Waals surface area contributed by atoms with Gasteiger partial charge in [0.05, 0.1) is 23.5 Å². The first-order valence-electron chi connectivity index (χ1n) is 22.4. The molecule has 2 amide bonds. The monoisotopic (exact) mass is 835 g/mol. The number of benzene rings is 3. The first-order chi connectivity index (χ1) is 28.7. The number of nitrogens with one attached hydrogen (secondary N) is 1. The minimum absolute atomic E-state index is 0.180. The van der Waals surface area contributed by atoms with Gasteiger partial charge in [-0.25, -0.2) is 13.1 Å². The highest BCUT2D eigenvalue weighted by atomic mass is 32.2. The Hall–Kier alpha value is -4.19. The molecule has 0 spiro atoms. The lowest BCUT2D eigenvalue weighted by atomic mass is 9.81. The van der Waals surface area contributed by atoms with Gasteiger partial charge in [-0.15, -0.1) is 0 Å². The number of nitrogens with zero attached hydrogens (tertiary/aromatic N) is 4. The van der Waals surface area contributed by atoms with E-state index in [4.69, 9.17) is 4.74 Å². The van der Waals surface area contributed by atoms with Crippen molar-refractivity contribution < 1.29 is 22.7 Å². The molecule has 2 saturated carbocycles. The summed E-state index contributed by atoms with van der Waals surface area (Å²) in [5.74, 6) is 0.667. The Morgan fingerprint density at radius 1 is 0.867 bits per heavy atom. The van der Waals surface area contributed by atoms with Crippen LogP contribution in [0.15, 0.2) is 66.7 Å². The molecule has 1 aromatic heterocycles. The normalized spacial score (nSPS) is 21.3. The lowest BCUT2D eigenvalue weighted by molar-refractivity contribution is -0.147. The molecule has 322 valence electrons. The maximum atomic E-state index is 15.3. The van der Waals surface area contributed by atoms with E-state index in [-0.39, 0.29) is 18.0 Å². The molecule has 3 heterocycles. The van der Waals surface area contributed by atoms with Gasteiger partial charge in [-0.1, -0.05) is 55.7 Å². The predicted octanol–water partition coefficient (Wildman–Crippen LogP) is 8.51. The highest BCUT2D eigenvalue weighted by Crippen LogP contribution is 2.47. The number of fused-ring (bicyclic) bond motifs is 3. The number of likely N-dealkylation sites (N-methyl/N-ethyl adjacent to an activating group) is 1. The van der Waals surface area contributed by atoms with E-state index in [0.29, 0.717) is 36.9 Å². The fraction of sp³-hybridized carbons (Fsp3) is 0.551. The molecule has 8 rings (SSSR count). The van der Waals surface area contributed by atoms with Gasteiger partial charge in [0.2, 0.25) is 15.9 Å². The van der Waals surface area contributed by atoms with Crippen LogP contribution in [0.5, 0.6) is 5.75 Å². The van der Waals surface area contributed by atoms with Crippen LogP contribution in [0.3, 0.4) is 0 Å². The Bertz CT molecular complexity index is 2300. The third kappa shape index (κ3) is 8.77. The molecule has 1 N–H and O–H groups in total. The predicted molar refractivity (Wildman–Crippen MR) is 240 cm³/mol. The zero-order valence-electron chi connectivity index (χ0n) is 36.6. The Labute approximate surface area is 357 Å². The van der Waals surface area contributed by atoms with E-state index in [2.05, 4.69) is 101 Å². The Morgan fingerprint density at radius 2 is 1.57 bits per heavy atom. The highest BCUT2D eigenvalue weighted by molar-refractivity contribution is 7.91. The third-order valence-electron chi connectivity index (χ3n) is 13.9. The maximum Gasteiger partial charge on any atom is 0.264 e. The Morgan fingerprint density at radius 3 is 2.20 bits per heavy atom. The standard InChI is InChI=1S/C49H65N5O5S/c1-33-27-40(59-6)20-24-42(33)46-45(35-15-11-8-12-16-35)43-23-17-36(47(55)50-60(57,58)41-21-22-41)28-44(43)53(46)32-49(2,3)48(56)54-37-18-19-38(54)30-39(29-37)52(26-25-51(4)5)31-34-13-9-7-10-14-34/h7,9-10,13-14,17,20,23-24,27-28,35,37-39,41H,8,11-12,15-16,18-19,21-22,25-26,29-32H2,1-6H3,(H,50,55). The van der Waals surface area contributed by atoms with Crippen molar-refractivity contribution in [2.45, 2.75) is 134 Å². The number of piperidine rings is 1. The number of aryl methyl sites for hydroxylation is 1. The number of methoxy groups -OCH3 is 1. The van der Waals surface area contributed by atoms with Gasteiger partial charge in [0.1, 0.15) is 5.75 Å². The summed E-state index contributed by atoms with van der Waals surface area (Å²) >= 11 is 0. The van der Waals surface area contributed by atoms with Crippen LogP contribution in [-0.4, -0.2) is 97.2 Å². The van der Waals surface area contributed by atoms with Crippen molar-refractivity contribution in [1.82, 2.24) is 24.0 Å². The summed E-state index contributed by atoms with van der Waals surface area (Å²) in [5.41, 5.74) is 6.19. The van der Waals surface area contributed by atoms with Crippen molar-refractivity contribution in [3.63, 3.8) is 0 Å². The molecule has 0 radical (unpaired) electrons. The second-order valence-electron chi connectivity index (χ2n) is 19.1. The van der Waals surface area contributed by atoms with Gasteiger partial charge in [0, 0.05) is 66.3 Å². The van der Waals surface area contributed by atoms with E-state index in [1.807, 2.05) is 18.2 Å². The third-order valence-corrected chi connectivity index (χ3v) is 15.7. The van der Waals surface area contributed by atoms with Crippen LogP contribution in [0.4, 0.5) is 0 Å². The smallest absolute Gasteiger partial charge is 0.264 e. The van der Waals surface area contributed by atoms with Gasteiger partial charge >= 0.3 is 0 Å². The molecule has 2 atom stereocenters. The molecule has 4 fully saturated rings. The second kappa shape index (κ2) is 17.3. The van der Waals surface area contributed by atoms with Crippen LogP contribution in [0, 0.1) is 12.3 Å². The lowest BCUT2D eigenvalue weighted by Crippen LogP contribution is -2.56. The van der Waals surface area contributed by atoms with Crippen LogP contribution >= 0.6 is 0 Å². The fourth-order valence-electron chi connectivity index (χ4n) is 10.6. The minimum Gasteiger partial charge on any atom is -0.497 e. The number of ether oxygens (including phenoxy) is 1. The van der Waals surface area contributed by atoms with E-state index in [1.54, 1.807) is 13.2 Å². The zero-order valence-corrected chi connectivity index (χ0v) is 37.4. The molecular weight excluding hydrogens is 771 g/mol. The lowest BCUT2D eigenvalue weighted by Gasteiger charge is -2.46. The van der Waals surface area contributed by atoms with E-state index >= 15 is 4.79 Å². The molecule has 2 bridgehead atoms. The molecule has 11 heteroatoms. The molecule has 2 aliphatic heterocycles. The van der Waals surface area contributed by atoms with Crippen LogP contribution in [0.25, 0.3) is 22.2 Å². The van der Waals surface area contributed by atoms with Gasteiger partial charge in [-0.3, -0.25) is 14.5 Å². The summed E-state index contributed by atoms with van der Waals surface area (Å²) in [6.07, 6.45) is 10.8.